The minimum absolute atomic E-state index is 0. The molecule has 1 aliphatic carbocycles. The molecule has 0 aliphatic heterocycles. The van der Waals surface area contributed by atoms with Gasteiger partial charge in [-0.2, -0.15) is 0 Å². The lowest BCUT2D eigenvalue weighted by atomic mass is 10.0. The van der Waals surface area contributed by atoms with Crippen LogP contribution in [0.15, 0.2) is 23.2 Å². The number of benzene rings is 1. The Labute approximate surface area is 175 Å². The normalized spacial score (nSPS) is 15.2. The lowest BCUT2D eigenvalue weighted by Gasteiger charge is -2.19. The molecule has 0 unspecified atom stereocenters. The maximum atomic E-state index is 5.89. The number of rotatable bonds is 10. The van der Waals surface area contributed by atoms with Crippen LogP contribution in [0.1, 0.15) is 43.7 Å². The summed E-state index contributed by atoms with van der Waals surface area (Å²) >= 11 is 0. The van der Waals surface area contributed by atoms with E-state index in [1.807, 2.05) is 7.05 Å². The number of methoxy groups -OCH3 is 1. The van der Waals surface area contributed by atoms with Crippen LogP contribution in [-0.2, 0) is 11.3 Å². The molecule has 5 nitrogen and oxygen atoms in total. The molecular weight excluding hydrogens is 441 g/mol. The zero-order valence-corrected chi connectivity index (χ0v) is 18.9. The van der Waals surface area contributed by atoms with Gasteiger partial charge in [-0.05, 0) is 49.7 Å². The Kier molecular flexibility index (Phi) is 10.3. The molecule has 6 heteroatoms. The van der Waals surface area contributed by atoms with Crippen LogP contribution in [0.4, 0.5) is 0 Å². The van der Waals surface area contributed by atoms with Crippen LogP contribution < -0.4 is 15.4 Å². The highest BCUT2D eigenvalue weighted by atomic mass is 127. The lowest BCUT2D eigenvalue weighted by Crippen LogP contribution is -2.40. The Bertz CT molecular complexity index is 574. The number of halogens is 1. The van der Waals surface area contributed by atoms with Crippen molar-refractivity contribution in [3.8, 4) is 5.75 Å². The zero-order chi connectivity index (χ0) is 18.1. The zero-order valence-electron chi connectivity index (χ0n) is 16.6. The quantitative estimate of drug-likeness (QED) is 0.307. The van der Waals surface area contributed by atoms with Crippen LogP contribution in [-0.4, -0.2) is 39.9 Å². The first-order valence-electron chi connectivity index (χ1n) is 9.28. The van der Waals surface area contributed by atoms with Gasteiger partial charge in [0.25, 0.3) is 0 Å². The molecule has 1 fully saturated rings. The number of ether oxygens (including phenoxy) is 2. The molecule has 1 aliphatic rings. The van der Waals surface area contributed by atoms with Crippen LogP contribution in [0.5, 0.6) is 5.75 Å². The second kappa shape index (κ2) is 11.6. The Morgan fingerprint density at radius 3 is 2.62 bits per heavy atom. The van der Waals surface area contributed by atoms with Gasteiger partial charge < -0.3 is 20.1 Å². The van der Waals surface area contributed by atoms with Gasteiger partial charge in [-0.3, -0.25) is 4.99 Å². The van der Waals surface area contributed by atoms with Gasteiger partial charge in [0.2, 0.25) is 0 Å². The monoisotopic (exact) mass is 475 g/mol. The van der Waals surface area contributed by atoms with E-state index in [1.54, 1.807) is 7.11 Å². The molecule has 0 aromatic heterocycles. The van der Waals surface area contributed by atoms with Gasteiger partial charge in [0.15, 0.2) is 5.96 Å². The van der Waals surface area contributed by atoms with Crippen molar-refractivity contribution in [1.82, 2.24) is 10.6 Å². The highest BCUT2D eigenvalue weighted by Gasteiger charge is 2.41. The summed E-state index contributed by atoms with van der Waals surface area (Å²) in [6.45, 7) is 7.43. The SMILES string of the molecule is CCCOc1cc(C)ccc1CNC(=NC)NCC1(CCOC)CC1.I. The van der Waals surface area contributed by atoms with E-state index >= 15 is 0 Å². The molecule has 0 spiro atoms. The van der Waals surface area contributed by atoms with E-state index in [0.717, 1.165) is 49.9 Å². The molecule has 148 valence electrons. The number of hydrogen-bond acceptors (Lipinski definition) is 3. The van der Waals surface area contributed by atoms with Gasteiger partial charge in [-0.1, -0.05) is 19.1 Å². The van der Waals surface area contributed by atoms with Gasteiger partial charge >= 0.3 is 0 Å². The van der Waals surface area contributed by atoms with Crippen molar-refractivity contribution in [3.63, 3.8) is 0 Å². The smallest absolute Gasteiger partial charge is 0.191 e. The summed E-state index contributed by atoms with van der Waals surface area (Å²) in [5.41, 5.74) is 2.76. The average Bonchev–Trinajstić information content (AvgIpc) is 3.39. The number of aliphatic imine (C=N–C) groups is 1. The van der Waals surface area contributed by atoms with E-state index in [4.69, 9.17) is 9.47 Å². The molecule has 2 N–H and O–H groups in total. The predicted octanol–water partition coefficient (Wildman–Crippen LogP) is 3.88. The summed E-state index contributed by atoms with van der Waals surface area (Å²) in [5, 5.41) is 6.87. The van der Waals surface area contributed by atoms with Gasteiger partial charge in [0, 0.05) is 39.4 Å². The maximum Gasteiger partial charge on any atom is 0.191 e. The van der Waals surface area contributed by atoms with E-state index in [2.05, 4.69) is 47.7 Å². The van der Waals surface area contributed by atoms with Crippen molar-refractivity contribution in [2.24, 2.45) is 10.4 Å². The Hall–Kier alpha value is -1.02. The van der Waals surface area contributed by atoms with E-state index < -0.39 is 0 Å². The molecule has 2 rings (SSSR count). The van der Waals surface area contributed by atoms with E-state index in [0.29, 0.717) is 12.0 Å². The molecule has 0 saturated heterocycles. The average molecular weight is 475 g/mol. The standard InChI is InChI=1S/C20H33N3O2.HI/c1-5-11-25-18-13-16(2)6-7-17(18)14-22-19(21-3)23-15-20(8-9-20)10-12-24-4;/h6-7,13H,5,8-12,14-15H2,1-4H3,(H2,21,22,23);1H. The van der Waals surface area contributed by atoms with Crippen molar-refractivity contribution in [2.45, 2.75) is 46.1 Å². The van der Waals surface area contributed by atoms with E-state index in [9.17, 15) is 0 Å². The van der Waals surface area contributed by atoms with E-state index in [-0.39, 0.29) is 24.0 Å². The van der Waals surface area contributed by atoms with Crippen LogP contribution in [0.25, 0.3) is 0 Å². The topological polar surface area (TPSA) is 54.9 Å². The first kappa shape index (κ1) is 23.0. The number of nitrogens with one attached hydrogen (secondary N) is 2. The fourth-order valence-corrected chi connectivity index (χ4v) is 2.84. The van der Waals surface area contributed by atoms with E-state index in [1.165, 1.54) is 18.4 Å². The highest BCUT2D eigenvalue weighted by molar-refractivity contribution is 14.0. The van der Waals surface area contributed by atoms with Gasteiger partial charge in [-0.25, -0.2) is 0 Å². The van der Waals surface area contributed by atoms with Crippen LogP contribution >= 0.6 is 24.0 Å². The first-order valence-corrected chi connectivity index (χ1v) is 9.28. The predicted molar refractivity (Wildman–Crippen MR) is 119 cm³/mol. The Balaban J connectivity index is 0.00000338. The van der Waals surface area contributed by atoms with Crippen molar-refractivity contribution in [2.75, 3.05) is 33.9 Å². The summed E-state index contributed by atoms with van der Waals surface area (Å²) in [7, 11) is 3.58. The number of guanidine groups is 1. The third-order valence-corrected chi connectivity index (χ3v) is 4.78. The van der Waals surface area contributed by atoms with Crippen molar-refractivity contribution < 1.29 is 9.47 Å². The van der Waals surface area contributed by atoms with Crippen molar-refractivity contribution >= 4 is 29.9 Å². The molecule has 0 bridgehead atoms. The maximum absolute atomic E-state index is 5.89. The number of aryl methyl sites for hydroxylation is 1. The van der Waals surface area contributed by atoms with Gasteiger partial charge in [-0.15, -0.1) is 24.0 Å². The molecule has 1 aromatic carbocycles. The number of nitrogens with zero attached hydrogens (tertiary/aromatic N) is 1. The molecule has 0 atom stereocenters. The van der Waals surface area contributed by atoms with Crippen LogP contribution in [0.2, 0.25) is 0 Å². The fourth-order valence-electron chi connectivity index (χ4n) is 2.84. The highest BCUT2D eigenvalue weighted by Crippen LogP contribution is 2.48. The van der Waals surface area contributed by atoms with Crippen LogP contribution in [0.3, 0.4) is 0 Å². The third-order valence-electron chi connectivity index (χ3n) is 4.78. The number of hydrogen-bond donors (Lipinski definition) is 2. The summed E-state index contributed by atoms with van der Waals surface area (Å²) in [5.74, 6) is 1.80. The van der Waals surface area contributed by atoms with Gasteiger partial charge in [0.05, 0.1) is 6.61 Å². The fraction of sp³-hybridized carbons (Fsp3) is 0.650. The molecule has 1 saturated carbocycles. The Morgan fingerprint density at radius 2 is 2.00 bits per heavy atom. The second-order valence-electron chi connectivity index (χ2n) is 6.98. The third kappa shape index (κ3) is 7.31. The molecule has 0 amide bonds. The largest absolute Gasteiger partial charge is 0.493 e. The summed E-state index contributed by atoms with van der Waals surface area (Å²) in [6, 6.07) is 6.35. The van der Waals surface area contributed by atoms with Gasteiger partial charge in [0.1, 0.15) is 5.75 Å². The molecule has 26 heavy (non-hydrogen) atoms. The van der Waals surface area contributed by atoms with Crippen molar-refractivity contribution in [1.29, 1.82) is 0 Å². The van der Waals surface area contributed by atoms with Crippen molar-refractivity contribution in [3.05, 3.63) is 29.3 Å². The molecule has 0 radical (unpaired) electrons. The molecule has 1 aromatic rings. The Morgan fingerprint density at radius 1 is 1.23 bits per heavy atom. The first-order chi connectivity index (χ1) is 12.1. The minimum Gasteiger partial charge on any atom is -0.493 e. The second-order valence-corrected chi connectivity index (χ2v) is 6.98. The molecular formula is C20H34IN3O2. The minimum atomic E-state index is 0. The summed E-state index contributed by atoms with van der Waals surface area (Å²) in [6.07, 6.45) is 4.66. The lowest BCUT2D eigenvalue weighted by molar-refractivity contribution is 0.172. The van der Waals surface area contributed by atoms with Crippen LogP contribution in [0, 0.1) is 12.3 Å². The molecule has 0 heterocycles. The summed E-state index contributed by atoms with van der Waals surface area (Å²) in [4.78, 5) is 4.35. The summed E-state index contributed by atoms with van der Waals surface area (Å²) < 4.78 is 11.1.